The van der Waals surface area contributed by atoms with Gasteiger partial charge in [0.2, 0.25) is 5.91 Å². The van der Waals surface area contributed by atoms with Crippen molar-refractivity contribution >= 4 is 12.0 Å². The molecule has 0 saturated carbocycles. The molecule has 0 spiro atoms. The van der Waals surface area contributed by atoms with E-state index in [4.69, 9.17) is 14.2 Å². The topological polar surface area (TPSA) is 69.7 Å². The van der Waals surface area contributed by atoms with E-state index in [1.165, 1.54) is 6.08 Å². The quantitative estimate of drug-likeness (QED) is 0.516. The van der Waals surface area contributed by atoms with Crippen LogP contribution in [0.1, 0.15) is 29.7 Å². The molecule has 0 aliphatic carbocycles. The van der Waals surface area contributed by atoms with Crippen molar-refractivity contribution in [1.82, 2.24) is 10.3 Å². The van der Waals surface area contributed by atoms with Gasteiger partial charge in [0.25, 0.3) is 0 Å². The minimum absolute atomic E-state index is 0.149. The molecule has 3 rings (SSSR count). The largest absolute Gasteiger partial charge is 0.497 e. The third kappa shape index (κ3) is 6.60. The van der Waals surface area contributed by atoms with Crippen LogP contribution in [-0.4, -0.2) is 25.1 Å². The molecule has 0 aliphatic rings. The maximum Gasteiger partial charge on any atom is 0.244 e. The molecule has 160 valence electrons. The van der Waals surface area contributed by atoms with Gasteiger partial charge in [-0.05, 0) is 54.5 Å². The van der Waals surface area contributed by atoms with E-state index in [0.717, 1.165) is 22.4 Å². The Hall–Kier alpha value is -3.80. The first-order valence-electron chi connectivity index (χ1n) is 9.90. The lowest BCUT2D eigenvalue weighted by Crippen LogP contribution is -2.24. The molecule has 0 radical (unpaired) electrons. The molecule has 3 aromatic rings. The Labute approximate surface area is 182 Å². The highest BCUT2D eigenvalue weighted by molar-refractivity contribution is 5.92. The van der Waals surface area contributed by atoms with Gasteiger partial charge >= 0.3 is 0 Å². The number of ether oxygens (including phenoxy) is 3. The summed E-state index contributed by atoms with van der Waals surface area (Å²) in [5.41, 5.74) is 2.81. The maximum atomic E-state index is 12.3. The summed E-state index contributed by atoms with van der Waals surface area (Å²) in [6.07, 6.45) is 6.73. The molecule has 2 aromatic carbocycles. The Bertz CT molecular complexity index is 995. The fraction of sp³-hybridized carbons (Fsp3) is 0.200. The summed E-state index contributed by atoms with van der Waals surface area (Å²) in [5, 5.41) is 2.96. The van der Waals surface area contributed by atoms with Gasteiger partial charge in [0.15, 0.2) is 0 Å². The van der Waals surface area contributed by atoms with Gasteiger partial charge in [0, 0.05) is 30.1 Å². The smallest absolute Gasteiger partial charge is 0.244 e. The van der Waals surface area contributed by atoms with Crippen molar-refractivity contribution in [2.45, 2.75) is 19.6 Å². The molecule has 1 amide bonds. The van der Waals surface area contributed by atoms with Crippen LogP contribution in [0, 0.1) is 0 Å². The van der Waals surface area contributed by atoms with Crippen LogP contribution >= 0.6 is 0 Å². The molecule has 1 N–H and O–H groups in total. The number of methoxy groups -OCH3 is 2. The number of hydrogen-bond acceptors (Lipinski definition) is 5. The van der Waals surface area contributed by atoms with Crippen molar-refractivity contribution in [3.05, 3.63) is 89.8 Å². The van der Waals surface area contributed by atoms with Crippen LogP contribution in [0.3, 0.4) is 0 Å². The van der Waals surface area contributed by atoms with Crippen LogP contribution in [0.15, 0.2) is 73.1 Å². The van der Waals surface area contributed by atoms with Crippen LogP contribution in [0.25, 0.3) is 6.08 Å². The number of nitrogens with zero attached hydrogens (tertiary/aromatic N) is 1. The van der Waals surface area contributed by atoms with Gasteiger partial charge in [-0.15, -0.1) is 0 Å². The molecular formula is C25H26N2O4. The second-order valence-corrected chi connectivity index (χ2v) is 6.93. The molecule has 0 saturated heterocycles. The first-order valence-corrected chi connectivity index (χ1v) is 9.90. The van der Waals surface area contributed by atoms with Crippen LogP contribution in [0.4, 0.5) is 0 Å². The van der Waals surface area contributed by atoms with Crippen LogP contribution in [0.5, 0.6) is 17.2 Å². The summed E-state index contributed by atoms with van der Waals surface area (Å²) in [5.74, 6) is 1.90. The van der Waals surface area contributed by atoms with E-state index in [-0.39, 0.29) is 11.9 Å². The summed E-state index contributed by atoms with van der Waals surface area (Å²) in [7, 11) is 3.18. The lowest BCUT2D eigenvalue weighted by molar-refractivity contribution is -0.117. The fourth-order valence-electron chi connectivity index (χ4n) is 2.95. The number of pyridine rings is 1. The van der Waals surface area contributed by atoms with Crippen LogP contribution in [0.2, 0.25) is 0 Å². The fourth-order valence-corrected chi connectivity index (χ4v) is 2.95. The monoisotopic (exact) mass is 418 g/mol. The van der Waals surface area contributed by atoms with Crippen molar-refractivity contribution in [2.75, 3.05) is 14.2 Å². The van der Waals surface area contributed by atoms with Crippen LogP contribution in [-0.2, 0) is 11.4 Å². The van der Waals surface area contributed by atoms with Gasteiger partial charge in [-0.1, -0.05) is 18.2 Å². The average Bonchev–Trinajstić information content (AvgIpc) is 2.82. The predicted octanol–water partition coefficient (Wildman–Crippen LogP) is 4.57. The van der Waals surface area contributed by atoms with Crippen LogP contribution < -0.4 is 19.5 Å². The Balaban J connectivity index is 1.55. The third-order valence-corrected chi connectivity index (χ3v) is 4.67. The Kier molecular flexibility index (Phi) is 7.65. The third-order valence-electron chi connectivity index (χ3n) is 4.67. The van der Waals surface area contributed by atoms with Crippen molar-refractivity contribution in [3.63, 3.8) is 0 Å². The minimum Gasteiger partial charge on any atom is -0.497 e. The molecular weight excluding hydrogens is 392 g/mol. The number of hydrogen-bond donors (Lipinski definition) is 1. The number of amides is 1. The van der Waals surface area contributed by atoms with Crippen molar-refractivity contribution in [2.24, 2.45) is 0 Å². The summed E-state index contributed by atoms with van der Waals surface area (Å²) < 4.78 is 16.3. The Morgan fingerprint density at radius 3 is 2.35 bits per heavy atom. The molecule has 1 aromatic heterocycles. The van der Waals surface area contributed by atoms with E-state index < -0.39 is 0 Å². The number of rotatable bonds is 9. The lowest BCUT2D eigenvalue weighted by atomic mass is 10.1. The number of aromatic nitrogens is 1. The lowest BCUT2D eigenvalue weighted by Gasteiger charge is -2.14. The van der Waals surface area contributed by atoms with E-state index in [1.54, 1.807) is 38.8 Å². The van der Waals surface area contributed by atoms with Gasteiger partial charge in [0.05, 0.1) is 20.3 Å². The molecule has 0 aliphatic heterocycles. The molecule has 0 bridgehead atoms. The number of carbonyl (C=O) groups excluding carboxylic acids is 1. The zero-order valence-corrected chi connectivity index (χ0v) is 17.9. The molecule has 1 unspecified atom stereocenters. The predicted molar refractivity (Wildman–Crippen MR) is 120 cm³/mol. The summed E-state index contributed by atoms with van der Waals surface area (Å²) in [6.45, 7) is 2.39. The van der Waals surface area contributed by atoms with E-state index in [9.17, 15) is 4.79 Å². The summed E-state index contributed by atoms with van der Waals surface area (Å²) in [4.78, 5) is 16.4. The van der Waals surface area contributed by atoms with Gasteiger partial charge in [-0.25, -0.2) is 0 Å². The number of nitrogens with one attached hydrogen (secondary N) is 1. The standard InChI is InChI=1S/C25H26N2O4/c1-18(21-7-9-22(10-8-21)31-17-20-5-4-12-26-16-20)27-25(28)11-6-19-13-23(29-2)15-24(14-19)30-3/h4-16,18H,17H2,1-3H3,(H,27,28)/b11-6+. The molecule has 0 fully saturated rings. The number of carbonyl (C=O) groups is 1. The molecule has 6 heteroatoms. The highest BCUT2D eigenvalue weighted by atomic mass is 16.5. The minimum atomic E-state index is -0.189. The van der Waals surface area contributed by atoms with Gasteiger partial charge < -0.3 is 19.5 Å². The molecule has 1 heterocycles. The van der Waals surface area contributed by atoms with E-state index in [1.807, 2.05) is 55.5 Å². The first-order chi connectivity index (χ1) is 15.1. The molecule has 1 atom stereocenters. The molecule has 31 heavy (non-hydrogen) atoms. The highest BCUT2D eigenvalue weighted by Crippen LogP contribution is 2.23. The van der Waals surface area contributed by atoms with E-state index >= 15 is 0 Å². The van der Waals surface area contributed by atoms with Gasteiger partial charge in [0.1, 0.15) is 23.9 Å². The zero-order chi connectivity index (χ0) is 22.1. The van der Waals surface area contributed by atoms with Gasteiger partial charge in [-0.2, -0.15) is 0 Å². The normalized spacial score (nSPS) is 11.7. The zero-order valence-electron chi connectivity index (χ0n) is 17.9. The first kappa shape index (κ1) is 21.9. The Morgan fingerprint density at radius 2 is 1.74 bits per heavy atom. The number of benzene rings is 2. The highest BCUT2D eigenvalue weighted by Gasteiger charge is 2.08. The van der Waals surface area contributed by atoms with Gasteiger partial charge in [-0.3, -0.25) is 9.78 Å². The second kappa shape index (κ2) is 10.8. The summed E-state index contributed by atoms with van der Waals surface area (Å²) >= 11 is 0. The summed E-state index contributed by atoms with van der Waals surface area (Å²) in [6, 6.07) is 16.8. The molecule has 6 nitrogen and oxygen atoms in total. The Morgan fingerprint density at radius 1 is 1.03 bits per heavy atom. The van der Waals surface area contributed by atoms with E-state index in [2.05, 4.69) is 10.3 Å². The second-order valence-electron chi connectivity index (χ2n) is 6.93. The van der Waals surface area contributed by atoms with Crippen molar-refractivity contribution in [3.8, 4) is 17.2 Å². The van der Waals surface area contributed by atoms with E-state index in [0.29, 0.717) is 18.1 Å². The maximum absolute atomic E-state index is 12.3. The SMILES string of the molecule is COc1cc(/C=C/C(=O)NC(C)c2ccc(OCc3cccnc3)cc2)cc(OC)c1. The average molecular weight is 418 g/mol. The van der Waals surface area contributed by atoms with Crippen molar-refractivity contribution in [1.29, 1.82) is 0 Å². The van der Waals surface area contributed by atoms with Crippen molar-refractivity contribution < 1.29 is 19.0 Å².